The van der Waals surface area contributed by atoms with Crippen LogP contribution in [-0.4, -0.2) is 23.5 Å². The zero-order chi connectivity index (χ0) is 14.3. The van der Waals surface area contributed by atoms with Crippen LogP contribution < -0.4 is 4.90 Å². The number of carboxylic acid groups (broad SMARTS) is 1. The molecule has 1 aromatic rings. The van der Waals surface area contributed by atoms with Crippen LogP contribution in [0, 0.1) is 5.41 Å². The molecule has 2 aliphatic rings. The minimum atomic E-state index is -0.845. The van der Waals surface area contributed by atoms with Crippen LogP contribution in [0.15, 0.2) is 18.2 Å². The number of benzene rings is 1. The van der Waals surface area contributed by atoms with Crippen LogP contribution in [0.25, 0.3) is 0 Å². The molecule has 0 atom stereocenters. The van der Waals surface area contributed by atoms with Crippen LogP contribution in [0.3, 0.4) is 0 Å². The van der Waals surface area contributed by atoms with Gasteiger partial charge in [0.25, 0.3) is 0 Å². The Hall–Kier alpha value is -1.55. The lowest BCUT2D eigenvalue weighted by molar-refractivity contribution is -0.157. The molecular weight excluding hydrogens is 278 g/mol. The van der Waals surface area contributed by atoms with E-state index in [0.717, 1.165) is 24.1 Å². The largest absolute Gasteiger partial charge is 0.481 e. The second-order valence-corrected chi connectivity index (χ2v) is 6.06. The first-order valence-electron chi connectivity index (χ1n) is 6.85. The van der Waals surface area contributed by atoms with E-state index < -0.39 is 11.4 Å². The van der Waals surface area contributed by atoms with E-state index in [2.05, 4.69) is 0 Å². The van der Waals surface area contributed by atoms with Crippen LogP contribution in [0.5, 0.6) is 0 Å². The summed E-state index contributed by atoms with van der Waals surface area (Å²) < 4.78 is 0. The lowest BCUT2D eigenvalue weighted by atomic mass is 9.66. The summed E-state index contributed by atoms with van der Waals surface area (Å²) in [5.74, 6) is -0.948. The van der Waals surface area contributed by atoms with Crippen molar-refractivity contribution in [2.75, 3.05) is 11.4 Å². The number of carbonyl (C=O) groups is 2. The van der Waals surface area contributed by atoms with Crippen LogP contribution >= 0.6 is 11.6 Å². The Kier molecular flexibility index (Phi) is 3.21. The van der Waals surface area contributed by atoms with E-state index in [-0.39, 0.29) is 12.3 Å². The van der Waals surface area contributed by atoms with Gasteiger partial charge in [-0.25, -0.2) is 0 Å². The van der Waals surface area contributed by atoms with Crippen molar-refractivity contribution in [3.8, 4) is 0 Å². The summed E-state index contributed by atoms with van der Waals surface area (Å²) in [4.78, 5) is 25.5. The number of hydrogen-bond acceptors (Lipinski definition) is 2. The Morgan fingerprint density at radius 3 is 2.70 bits per heavy atom. The fourth-order valence-electron chi connectivity index (χ4n) is 3.11. The van der Waals surface area contributed by atoms with Crippen molar-refractivity contribution >= 4 is 29.2 Å². The van der Waals surface area contributed by atoms with Crippen molar-refractivity contribution in [1.82, 2.24) is 0 Å². The molecule has 1 aromatic carbocycles. The smallest absolute Gasteiger partial charge is 0.310 e. The maximum absolute atomic E-state index is 12.5. The number of aliphatic carboxylic acids is 1. The molecule has 1 heterocycles. The van der Waals surface area contributed by atoms with Gasteiger partial charge in [0.1, 0.15) is 0 Å². The van der Waals surface area contributed by atoms with Crippen molar-refractivity contribution in [1.29, 1.82) is 0 Å². The Labute approximate surface area is 122 Å². The molecule has 1 N–H and O–H groups in total. The molecule has 0 radical (unpaired) electrons. The Balaban J connectivity index is 1.81. The van der Waals surface area contributed by atoms with Crippen LogP contribution in [-0.2, 0) is 16.0 Å². The van der Waals surface area contributed by atoms with E-state index in [1.807, 2.05) is 18.2 Å². The van der Waals surface area contributed by atoms with Crippen molar-refractivity contribution < 1.29 is 14.7 Å². The number of halogens is 1. The number of nitrogens with zero attached hydrogens (tertiary/aromatic N) is 1. The molecule has 1 fully saturated rings. The number of anilines is 1. The summed E-state index contributed by atoms with van der Waals surface area (Å²) >= 11 is 6.13. The highest BCUT2D eigenvalue weighted by Crippen LogP contribution is 2.45. The first kappa shape index (κ1) is 13.4. The standard InChI is InChI=1S/C15H16ClNO3/c16-11-3-1-4-12-10(11)5-8-17(12)13(18)9-15(14(19)20)6-2-7-15/h1,3-4H,2,5-9H2,(H,19,20). The van der Waals surface area contributed by atoms with Gasteiger partial charge in [-0.05, 0) is 37.0 Å². The van der Waals surface area contributed by atoms with Gasteiger partial charge in [0.15, 0.2) is 0 Å². The molecule has 1 saturated carbocycles. The molecule has 20 heavy (non-hydrogen) atoms. The van der Waals surface area contributed by atoms with Crippen molar-refractivity contribution in [3.05, 3.63) is 28.8 Å². The van der Waals surface area contributed by atoms with E-state index in [1.165, 1.54) is 0 Å². The molecule has 0 spiro atoms. The fourth-order valence-corrected chi connectivity index (χ4v) is 3.37. The highest BCUT2D eigenvalue weighted by molar-refractivity contribution is 6.32. The van der Waals surface area contributed by atoms with Gasteiger partial charge < -0.3 is 10.0 Å². The summed E-state index contributed by atoms with van der Waals surface area (Å²) in [6.07, 6.45) is 2.92. The van der Waals surface area contributed by atoms with Gasteiger partial charge >= 0.3 is 5.97 Å². The summed E-state index contributed by atoms with van der Waals surface area (Å²) in [6.45, 7) is 0.591. The number of hydrogen-bond donors (Lipinski definition) is 1. The molecular formula is C15H16ClNO3. The predicted molar refractivity (Wildman–Crippen MR) is 76.0 cm³/mol. The van der Waals surface area contributed by atoms with Gasteiger partial charge in [-0.15, -0.1) is 0 Å². The average Bonchev–Trinajstić information content (AvgIpc) is 2.78. The quantitative estimate of drug-likeness (QED) is 0.932. The van der Waals surface area contributed by atoms with Crippen molar-refractivity contribution in [2.45, 2.75) is 32.1 Å². The maximum Gasteiger partial charge on any atom is 0.310 e. The van der Waals surface area contributed by atoms with Crippen molar-refractivity contribution in [2.24, 2.45) is 5.41 Å². The topological polar surface area (TPSA) is 57.6 Å². The maximum atomic E-state index is 12.5. The highest BCUT2D eigenvalue weighted by atomic mass is 35.5. The van der Waals surface area contributed by atoms with Gasteiger partial charge in [0, 0.05) is 23.7 Å². The van der Waals surface area contributed by atoms with E-state index in [0.29, 0.717) is 24.4 Å². The van der Waals surface area contributed by atoms with Gasteiger partial charge in [-0.3, -0.25) is 9.59 Å². The molecule has 1 aliphatic carbocycles. The Bertz CT molecular complexity index is 580. The normalized spacial score (nSPS) is 19.4. The lowest BCUT2D eigenvalue weighted by Crippen LogP contribution is -2.43. The molecule has 1 aliphatic heterocycles. The predicted octanol–water partition coefficient (Wildman–Crippen LogP) is 2.87. The van der Waals surface area contributed by atoms with Gasteiger partial charge in [-0.1, -0.05) is 24.1 Å². The fraction of sp³-hybridized carbons (Fsp3) is 0.467. The first-order valence-corrected chi connectivity index (χ1v) is 7.22. The molecule has 0 aromatic heterocycles. The third-order valence-corrected chi connectivity index (χ3v) is 4.88. The van der Waals surface area contributed by atoms with Crippen LogP contribution in [0.4, 0.5) is 5.69 Å². The van der Waals surface area contributed by atoms with Gasteiger partial charge in [0.05, 0.1) is 5.41 Å². The molecule has 4 nitrogen and oxygen atoms in total. The number of carbonyl (C=O) groups excluding carboxylic acids is 1. The van der Waals surface area contributed by atoms with Crippen LogP contribution in [0.1, 0.15) is 31.2 Å². The zero-order valence-corrected chi connectivity index (χ0v) is 11.8. The summed E-state index contributed by atoms with van der Waals surface area (Å²) in [5, 5.41) is 10.00. The second kappa shape index (κ2) is 4.77. The Morgan fingerprint density at radius 1 is 1.35 bits per heavy atom. The minimum Gasteiger partial charge on any atom is -0.481 e. The molecule has 5 heteroatoms. The van der Waals surface area contributed by atoms with Crippen molar-refractivity contribution in [3.63, 3.8) is 0 Å². The number of rotatable bonds is 3. The SMILES string of the molecule is O=C(CC1(C(=O)O)CCC1)N1CCc2c(Cl)cccc21. The minimum absolute atomic E-state index is 0.0916. The van der Waals surface area contributed by atoms with E-state index >= 15 is 0 Å². The highest BCUT2D eigenvalue weighted by Gasteiger charge is 2.47. The lowest BCUT2D eigenvalue weighted by Gasteiger charge is -2.38. The molecule has 106 valence electrons. The van der Waals surface area contributed by atoms with Crippen LogP contribution in [0.2, 0.25) is 5.02 Å². The van der Waals surface area contributed by atoms with Gasteiger partial charge in [-0.2, -0.15) is 0 Å². The molecule has 1 amide bonds. The third-order valence-electron chi connectivity index (χ3n) is 4.53. The van der Waals surface area contributed by atoms with E-state index in [1.54, 1.807) is 4.90 Å². The number of fused-ring (bicyclic) bond motifs is 1. The molecule has 0 bridgehead atoms. The molecule has 3 rings (SSSR count). The molecule has 0 unspecified atom stereocenters. The number of carboxylic acids is 1. The summed E-state index contributed by atoms with van der Waals surface area (Å²) in [6, 6.07) is 5.52. The average molecular weight is 294 g/mol. The third kappa shape index (κ3) is 1.99. The first-order chi connectivity index (χ1) is 9.53. The molecule has 0 saturated heterocycles. The van der Waals surface area contributed by atoms with E-state index in [4.69, 9.17) is 11.6 Å². The number of amides is 1. The van der Waals surface area contributed by atoms with Gasteiger partial charge in [0.2, 0.25) is 5.91 Å². The zero-order valence-electron chi connectivity index (χ0n) is 11.1. The summed E-state index contributed by atoms with van der Waals surface area (Å²) in [7, 11) is 0. The second-order valence-electron chi connectivity index (χ2n) is 5.65. The Morgan fingerprint density at radius 2 is 2.10 bits per heavy atom. The summed E-state index contributed by atoms with van der Waals surface area (Å²) in [5.41, 5.74) is 0.987. The monoisotopic (exact) mass is 293 g/mol. The van der Waals surface area contributed by atoms with E-state index in [9.17, 15) is 14.7 Å².